The Balaban J connectivity index is 2.69. The first-order valence-electron chi connectivity index (χ1n) is 3.86. The number of carboxylic acids is 1. The van der Waals surface area contributed by atoms with Crippen molar-refractivity contribution in [2.45, 2.75) is 19.3 Å². The van der Waals surface area contributed by atoms with Crippen molar-refractivity contribution < 1.29 is 9.90 Å². The molecule has 11 heavy (non-hydrogen) atoms. The second-order valence-corrected chi connectivity index (χ2v) is 2.73. The number of aliphatic carboxylic acids is 1. The highest BCUT2D eigenvalue weighted by molar-refractivity contribution is 5.73. The van der Waals surface area contributed by atoms with E-state index in [1.54, 1.807) is 7.05 Å². The van der Waals surface area contributed by atoms with Gasteiger partial charge in [0.25, 0.3) is 0 Å². The second kappa shape index (κ2) is 3.42. The van der Waals surface area contributed by atoms with Gasteiger partial charge in [-0.05, 0) is 19.3 Å². The maximum atomic E-state index is 10.6. The van der Waals surface area contributed by atoms with Crippen LogP contribution in [0.1, 0.15) is 19.3 Å². The summed E-state index contributed by atoms with van der Waals surface area (Å²) in [6.45, 7) is 0. The van der Waals surface area contributed by atoms with Crippen LogP contribution in [-0.4, -0.2) is 18.1 Å². The molecule has 1 rings (SSSR count). The fourth-order valence-corrected chi connectivity index (χ4v) is 1.41. The standard InChI is InChI=1S/C8H13NO2/c1-9-7-5-3-2-4-6(7)8(10)11/h5-6,9H,2-4H2,1H3,(H,10,11). The molecule has 62 valence electrons. The predicted molar refractivity (Wildman–Crippen MR) is 42.1 cm³/mol. The molecule has 0 spiro atoms. The van der Waals surface area contributed by atoms with Gasteiger partial charge in [-0.1, -0.05) is 6.08 Å². The monoisotopic (exact) mass is 155 g/mol. The van der Waals surface area contributed by atoms with Crippen molar-refractivity contribution in [2.24, 2.45) is 5.92 Å². The fraction of sp³-hybridized carbons (Fsp3) is 0.625. The quantitative estimate of drug-likeness (QED) is 0.624. The Labute approximate surface area is 66.1 Å². The molecule has 0 fully saturated rings. The van der Waals surface area contributed by atoms with Gasteiger partial charge in [0.15, 0.2) is 0 Å². The lowest BCUT2D eigenvalue weighted by molar-refractivity contribution is -0.140. The number of hydrogen-bond acceptors (Lipinski definition) is 2. The molecule has 0 radical (unpaired) electrons. The third-order valence-electron chi connectivity index (χ3n) is 2.02. The zero-order valence-electron chi connectivity index (χ0n) is 6.63. The normalized spacial score (nSPS) is 24.1. The van der Waals surface area contributed by atoms with Gasteiger partial charge in [0.1, 0.15) is 0 Å². The van der Waals surface area contributed by atoms with E-state index < -0.39 is 5.97 Å². The van der Waals surface area contributed by atoms with E-state index in [2.05, 4.69) is 5.32 Å². The predicted octanol–water partition coefficient (Wildman–Crippen LogP) is 0.974. The van der Waals surface area contributed by atoms with Crippen LogP contribution in [0, 0.1) is 5.92 Å². The van der Waals surface area contributed by atoms with Crippen molar-refractivity contribution in [1.29, 1.82) is 0 Å². The van der Waals surface area contributed by atoms with Crippen LogP contribution >= 0.6 is 0 Å². The van der Waals surface area contributed by atoms with Crippen molar-refractivity contribution in [3.63, 3.8) is 0 Å². The summed E-state index contributed by atoms with van der Waals surface area (Å²) in [5, 5.41) is 11.7. The molecule has 1 atom stereocenters. The SMILES string of the molecule is CNC1=CCCCC1C(=O)O. The fourth-order valence-electron chi connectivity index (χ4n) is 1.41. The molecule has 0 amide bonds. The summed E-state index contributed by atoms with van der Waals surface area (Å²) in [6, 6.07) is 0. The number of hydrogen-bond donors (Lipinski definition) is 2. The molecule has 0 aromatic rings. The second-order valence-electron chi connectivity index (χ2n) is 2.73. The smallest absolute Gasteiger partial charge is 0.312 e. The van der Waals surface area contributed by atoms with Crippen LogP contribution in [0.3, 0.4) is 0 Å². The summed E-state index contributed by atoms with van der Waals surface area (Å²) in [6.07, 6.45) is 4.73. The van der Waals surface area contributed by atoms with Crippen LogP contribution in [-0.2, 0) is 4.79 Å². The molecule has 0 heterocycles. The van der Waals surface area contributed by atoms with Crippen molar-refractivity contribution in [2.75, 3.05) is 7.05 Å². The minimum Gasteiger partial charge on any atom is -0.481 e. The molecule has 3 nitrogen and oxygen atoms in total. The van der Waals surface area contributed by atoms with Gasteiger partial charge in [-0.2, -0.15) is 0 Å². The van der Waals surface area contributed by atoms with Crippen LogP contribution in [0.15, 0.2) is 11.8 Å². The highest BCUT2D eigenvalue weighted by Gasteiger charge is 2.23. The van der Waals surface area contributed by atoms with Gasteiger partial charge in [-0.3, -0.25) is 4.79 Å². The first-order valence-corrected chi connectivity index (χ1v) is 3.86. The average molecular weight is 155 g/mol. The van der Waals surface area contributed by atoms with E-state index in [1.807, 2.05) is 6.08 Å². The summed E-state index contributed by atoms with van der Waals surface area (Å²) in [7, 11) is 1.77. The summed E-state index contributed by atoms with van der Waals surface area (Å²) in [5.74, 6) is -1.01. The molecule has 0 aromatic carbocycles. The van der Waals surface area contributed by atoms with E-state index in [1.165, 1.54) is 0 Å². The molecule has 0 bridgehead atoms. The zero-order chi connectivity index (χ0) is 8.27. The van der Waals surface area contributed by atoms with Crippen LogP contribution in [0.5, 0.6) is 0 Å². The van der Waals surface area contributed by atoms with Gasteiger partial charge in [-0.15, -0.1) is 0 Å². The highest BCUT2D eigenvalue weighted by Crippen LogP contribution is 2.22. The Hall–Kier alpha value is -0.990. The zero-order valence-corrected chi connectivity index (χ0v) is 6.63. The van der Waals surface area contributed by atoms with Crippen LogP contribution < -0.4 is 5.32 Å². The van der Waals surface area contributed by atoms with Gasteiger partial charge in [0.05, 0.1) is 5.92 Å². The lowest BCUT2D eigenvalue weighted by Crippen LogP contribution is -2.25. The number of nitrogens with one attached hydrogen (secondary N) is 1. The van der Waals surface area contributed by atoms with Gasteiger partial charge >= 0.3 is 5.97 Å². The van der Waals surface area contributed by atoms with E-state index in [9.17, 15) is 4.79 Å². The van der Waals surface area contributed by atoms with Crippen molar-refractivity contribution >= 4 is 5.97 Å². The largest absolute Gasteiger partial charge is 0.481 e. The number of carbonyl (C=O) groups is 1. The van der Waals surface area contributed by atoms with E-state index >= 15 is 0 Å². The Morgan fingerprint density at radius 2 is 2.55 bits per heavy atom. The van der Waals surface area contributed by atoms with E-state index in [4.69, 9.17) is 5.11 Å². The van der Waals surface area contributed by atoms with Crippen molar-refractivity contribution in [1.82, 2.24) is 5.32 Å². The number of carboxylic acid groups (broad SMARTS) is 1. The van der Waals surface area contributed by atoms with Gasteiger partial charge < -0.3 is 10.4 Å². The molecule has 3 heteroatoms. The molecule has 1 aliphatic carbocycles. The molecular formula is C8H13NO2. The summed E-state index contributed by atoms with van der Waals surface area (Å²) in [4.78, 5) is 10.6. The lowest BCUT2D eigenvalue weighted by atomic mass is 9.92. The third-order valence-corrected chi connectivity index (χ3v) is 2.02. The first-order chi connectivity index (χ1) is 5.25. The van der Waals surface area contributed by atoms with E-state index in [0.29, 0.717) is 0 Å². The topological polar surface area (TPSA) is 49.3 Å². The van der Waals surface area contributed by atoms with Crippen LogP contribution in [0.4, 0.5) is 0 Å². The van der Waals surface area contributed by atoms with Crippen molar-refractivity contribution in [3.8, 4) is 0 Å². The summed E-state index contributed by atoms with van der Waals surface area (Å²) < 4.78 is 0. The molecule has 1 aliphatic rings. The maximum Gasteiger partial charge on any atom is 0.312 e. The molecule has 1 unspecified atom stereocenters. The third kappa shape index (κ3) is 1.73. The molecule has 0 saturated carbocycles. The van der Waals surface area contributed by atoms with Crippen LogP contribution in [0.2, 0.25) is 0 Å². The summed E-state index contributed by atoms with van der Waals surface area (Å²) in [5.41, 5.74) is 0.865. The van der Waals surface area contributed by atoms with E-state index in [-0.39, 0.29) is 5.92 Å². The molecule has 0 saturated heterocycles. The average Bonchev–Trinajstić information content (AvgIpc) is 2.04. The van der Waals surface area contributed by atoms with Gasteiger partial charge in [0, 0.05) is 12.7 Å². The molecular weight excluding hydrogens is 142 g/mol. The number of allylic oxidation sites excluding steroid dienone is 1. The van der Waals surface area contributed by atoms with Gasteiger partial charge in [-0.25, -0.2) is 0 Å². The molecule has 0 aromatic heterocycles. The Morgan fingerprint density at radius 3 is 3.00 bits per heavy atom. The summed E-state index contributed by atoms with van der Waals surface area (Å²) >= 11 is 0. The number of rotatable bonds is 2. The lowest BCUT2D eigenvalue weighted by Gasteiger charge is -2.19. The van der Waals surface area contributed by atoms with Gasteiger partial charge in [0.2, 0.25) is 0 Å². The first kappa shape index (κ1) is 8.11. The minimum absolute atomic E-state index is 0.297. The Bertz CT molecular complexity index is 187. The Morgan fingerprint density at radius 1 is 1.82 bits per heavy atom. The highest BCUT2D eigenvalue weighted by atomic mass is 16.4. The van der Waals surface area contributed by atoms with Crippen LogP contribution in [0.25, 0.3) is 0 Å². The van der Waals surface area contributed by atoms with Crippen molar-refractivity contribution in [3.05, 3.63) is 11.8 Å². The molecule has 0 aliphatic heterocycles. The minimum atomic E-state index is -0.717. The van der Waals surface area contributed by atoms with E-state index in [0.717, 1.165) is 25.0 Å². The Kier molecular flexibility index (Phi) is 2.52. The molecule has 2 N–H and O–H groups in total. The maximum absolute atomic E-state index is 10.6.